The summed E-state index contributed by atoms with van der Waals surface area (Å²) in [5.41, 5.74) is 1.04. The molecule has 1 aliphatic rings. The van der Waals surface area contributed by atoms with Crippen molar-refractivity contribution in [3.8, 4) is 0 Å². The van der Waals surface area contributed by atoms with Crippen LogP contribution >= 0.6 is 0 Å². The molecular weight excluding hydrogens is 258 g/mol. The average molecular weight is 281 g/mol. The second-order valence-electron chi connectivity index (χ2n) is 5.84. The van der Waals surface area contributed by atoms with E-state index in [2.05, 4.69) is 24.4 Å². The standard InChI is InChI=1S/C15H23NO2S/c1-3-14(11-13-7-5-4-6-8-13)16-15(2)9-10-19(17,18)12-15/h4-8,14,16H,3,9-12H2,1-2H3. The third kappa shape index (κ3) is 4.05. The van der Waals surface area contributed by atoms with Crippen LogP contribution in [0, 0.1) is 0 Å². The summed E-state index contributed by atoms with van der Waals surface area (Å²) in [4.78, 5) is 0. The molecule has 0 aromatic heterocycles. The van der Waals surface area contributed by atoms with E-state index in [1.165, 1.54) is 5.56 Å². The highest BCUT2D eigenvalue weighted by molar-refractivity contribution is 7.91. The summed E-state index contributed by atoms with van der Waals surface area (Å²) >= 11 is 0. The van der Waals surface area contributed by atoms with Crippen LogP contribution in [-0.2, 0) is 16.3 Å². The lowest BCUT2D eigenvalue weighted by atomic mass is 9.96. The second-order valence-corrected chi connectivity index (χ2v) is 8.03. The van der Waals surface area contributed by atoms with Gasteiger partial charge in [0.25, 0.3) is 0 Å². The topological polar surface area (TPSA) is 46.2 Å². The molecule has 1 N–H and O–H groups in total. The molecule has 1 aromatic carbocycles. The number of benzene rings is 1. The van der Waals surface area contributed by atoms with E-state index < -0.39 is 9.84 Å². The Balaban J connectivity index is 2.00. The predicted octanol–water partition coefficient (Wildman–Crippen LogP) is 2.17. The minimum Gasteiger partial charge on any atom is -0.307 e. The molecule has 1 saturated heterocycles. The summed E-state index contributed by atoms with van der Waals surface area (Å²) in [6, 6.07) is 10.7. The van der Waals surface area contributed by atoms with E-state index in [1.54, 1.807) is 0 Å². The van der Waals surface area contributed by atoms with Crippen molar-refractivity contribution >= 4 is 9.84 Å². The highest BCUT2D eigenvalue weighted by atomic mass is 32.2. The first-order valence-corrected chi connectivity index (χ1v) is 8.77. The molecule has 0 spiro atoms. The maximum absolute atomic E-state index is 11.6. The first-order valence-electron chi connectivity index (χ1n) is 6.94. The molecule has 0 radical (unpaired) electrons. The lowest BCUT2D eigenvalue weighted by Gasteiger charge is -2.30. The molecule has 1 aliphatic heterocycles. The summed E-state index contributed by atoms with van der Waals surface area (Å²) in [7, 11) is -2.84. The zero-order valence-corrected chi connectivity index (χ0v) is 12.5. The predicted molar refractivity (Wildman–Crippen MR) is 79.0 cm³/mol. The summed E-state index contributed by atoms with van der Waals surface area (Å²) in [5, 5.41) is 3.57. The number of hydrogen-bond donors (Lipinski definition) is 1. The quantitative estimate of drug-likeness (QED) is 0.900. The van der Waals surface area contributed by atoms with Crippen molar-refractivity contribution in [1.82, 2.24) is 5.32 Å². The number of sulfone groups is 1. The molecule has 0 bridgehead atoms. The van der Waals surface area contributed by atoms with Gasteiger partial charge in [-0.05, 0) is 31.7 Å². The zero-order valence-electron chi connectivity index (χ0n) is 11.7. The van der Waals surface area contributed by atoms with E-state index in [-0.39, 0.29) is 11.3 Å². The maximum atomic E-state index is 11.6. The second kappa shape index (κ2) is 5.63. The minimum absolute atomic E-state index is 0.256. The molecule has 2 rings (SSSR count). The Morgan fingerprint density at radius 3 is 2.53 bits per heavy atom. The summed E-state index contributed by atoms with van der Waals surface area (Å²) in [5.74, 6) is 0.587. The van der Waals surface area contributed by atoms with Gasteiger partial charge in [0, 0.05) is 11.6 Å². The van der Waals surface area contributed by atoms with Gasteiger partial charge in [-0.3, -0.25) is 0 Å². The lowest BCUT2D eigenvalue weighted by molar-refractivity contribution is 0.331. The molecule has 1 heterocycles. The van der Waals surface area contributed by atoms with Crippen LogP contribution < -0.4 is 5.32 Å². The van der Waals surface area contributed by atoms with Gasteiger partial charge in [-0.2, -0.15) is 0 Å². The Hall–Kier alpha value is -0.870. The summed E-state index contributed by atoms with van der Waals surface area (Å²) in [6.07, 6.45) is 2.68. The first-order chi connectivity index (χ1) is 8.92. The van der Waals surface area contributed by atoms with Gasteiger partial charge in [0.15, 0.2) is 9.84 Å². The Morgan fingerprint density at radius 1 is 1.32 bits per heavy atom. The van der Waals surface area contributed by atoms with Crippen LogP contribution in [0.1, 0.15) is 32.3 Å². The maximum Gasteiger partial charge on any atom is 0.152 e. The molecule has 0 saturated carbocycles. The SMILES string of the molecule is CCC(Cc1ccccc1)NC1(C)CCS(=O)(=O)C1. The van der Waals surface area contributed by atoms with Gasteiger partial charge < -0.3 is 5.32 Å². The smallest absolute Gasteiger partial charge is 0.152 e. The van der Waals surface area contributed by atoms with E-state index in [4.69, 9.17) is 0 Å². The van der Waals surface area contributed by atoms with Gasteiger partial charge in [-0.1, -0.05) is 37.3 Å². The van der Waals surface area contributed by atoms with Gasteiger partial charge in [0.1, 0.15) is 0 Å². The normalized spacial score (nSPS) is 27.3. The molecule has 106 valence electrons. The van der Waals surface area contributed by atoms with E-state index in [0.29, 0.717) is 11.8 Å². The Kier molecular flexibility index (Phi) is 4.31. The molecule has 3 nitrogen and oxygen atoms in total. The van der Waals surface area contributed by atoms with Gasteiger partial charge in [-0.25, -0.2) is 8.42 Å². The van der Waals surface area contributed by atoms with Crippen molar-refractivity contribution in [3.63, 3.8) is 0 Å². The largest absolute Gasteiger partial charge is 0.307 e. The third-order valence-electron chi connectivity index (χ3n) is 3.87. The monoisotopic (exact) mass is 281 g/mol. The molecule has 0 aliphatic carbocycles. The fourth-order valence-electron chi connectivity index (χ4n) is 2.81. The van der Waals surface area contributed by atoms with Crippen LogP contribution in [0.15, 0.2) is 30.3 Å². The van der Waals surface area contributed by atoms with Gasteiger partial charge >= 0.3 is 0 Å². The molecular formula is C15H23NO2S. The van der Waals surface area contributed by atoms with E-state index in [9.17, 15) is 8.42 Å². The fraction of sp³-hybridized carbons (Fsp3) is 0.600. The van der Waals surface area contributed by atoms with Crippen molar-refractivity contribution in [1.29, 1.82) is 0 Å². The number of nitrogens with one attached hydrogen (secondary N) is 1. The minimum atomic E-state index is -2.84. The van der Waals surface area contributed by atoms with Crippen molar-refractivity contribution in [2.45, 2.75) is 44.7 Å². The van der Waals surface area contributed by atoms with Crippen LogP contribution in [0.2, 0.25) is 0 Å². The van der Waals surface area contributed by atoms with Crippen LogP contribution in [-0.4, -0.2) is 31.5 Å². The van der Waals surface area contributed by atoms with Gasteiger partial charge in [0.2, 0.25) is 0 Å². The molecule has 4 heteroatoms. The molecule has 2 unspecified atom stereocenters. The average Bonchev–Trinajstić information content (AvgIpc) is 2.64. The zero-order chi connectivity index (χ0) is 13.9. The first kappa shape index (κ1) is 14.5. The van der Waals surface area contributed by atoms with Crippen LogP contribution in [0.3, 0.4) is 0 Å². The highest BCUT2D eigenvalue weighted by Gasteiger charge is 2.39. The third-order valence-corrected chi connectivity index (χ3v) is 5.78. The van der Waals surface area contributed by atoms with Crippen LogP contribution in [0.5, 0.6) is 0 Å². The molecule has 0 amide bonds. The number of rotatable bonds is 5. The van der Waals surface area contributed by atoms with E-state index in [1.807, 2.05) is 25.1 Å². The van der Waals surface area contributed by atoms with Crippen LogP contribution in [0.25, 0.3) is 0 Å². The molecule has 1 fully saturated rings. The molecule has 1 aromatic rings. The number of hydrogen-bond acceptors (Lipinski definition) is 3. The summed E-state index contributed by atoms with van der Waals surface area (Å²) < 4.78 is 23.3. The Bertz CT molecular complexity index is 512. The Labute approximate surface area is 116 Å². The van der Waals surface area contributed by atoms with Crippen molar-refractivity contribution in [3.05, 3.63) is 35.9 Å². The van der Waals surface area contributed by atoms with E-state index >= 15 is 0 Å². The molecule has 2 atom stereocenters. The van der Waals surface area contributed by atoms with Crippen molar-refractivity contribution < 1.29 is 8.42 Å². The van der Waals surface area contributed by atoms with Crippen molar-refractivity contribution in [2.24, 2.45) is 0 Å². The van der Waals surface area contributed by atoms with Crippen molar-refractivity contribution in [2.75, 3.05) is 11.5 Å². The molecule has 19 heavy (non-hydrogen) atoms. The van der Waals surface area contributed by atoms with Crippen LogP contribution in [0.4, 0.5) is 0 Å². The highest BCUT2D eigenvalue weighted by Crippen LogP contribution is 2.24. The van der Waals surface area contributed by atoms with E-state index in [0.717, 1.165) is 19.3 Å². The lowest BCUT2D eigenvalue weighted by Crippen LogP contribution is -2.49. The van der Waals surface area contributed by atoms with Gasteiger partial charge in [-0.15, -0.1) is 0 Å². The Morgan fingerprint density at radius 2 is 2.00 bits per heavy atom. The summed E-state index contributed by atoms with van der Waals surface area (Å²) in [6.45, 7) is 4.18. The van der Waals surface area contributed by atoms with Gasteiger partial charge in [0.05, 0.1) is 11.5 Å². The fourth-order valence-corrected chi connectivity index (χ4v) is 4.92.